The van der Waals surface area contributed by atoms with Crippen molar-refractivity contribution >= 4 is 17.9 Å². The molecule has 9 heteroatoms. The number of fused-ring (bicyclic) bond motifs is 1. The summed E-state index contributed by atoms with van der Waals surface area (Å²) >= 11 is 0. The molecule has 26 heavy (non-hydrogen) atoms. The molecule has 0 aliphatic carbocycles. The third-order valence-electron chi connectivity index (χ3n) is 3.58. The molecular formula is C17H23N3O6. The third-order valence-corrected chi connectivity index (χ3v) is 3.58. The molecule has 0 radical (unpaired) electrons. The largest absolute Gasteiger partial charge is 0.454 e. The molecular weight excluding hydrogens is 342 g/mol. The van der Waals surface area contributed by atoms with E-state index in [0.717, 1.165) is 5.56 Å². The molecule has 1 aromatic rings. The number of hydrogen-bond acceptors (Lipinski definition) is 6. The second-order valence-corrected chi connectivity index (χ2v) is 6.26. The number of hydrogen-bond donors (Lipinski definition) is 3. The number of rotatable bonds is 8. The zero-order valence-corrected chi connectivity index (χ0v) is 14.7. The Bertz CT molecular complexity index is 676. The minimum atomic E-state index is -0.880. The standard InChI is InChI=1S/C17H23N3O6/c1-10(2)5-12(20-17(18)23)16(22)24-8-15(21)19-7-11-3-4-13-14(6-11)26-9-25-13/h3-4,6,10,12H,5,7-9H2,1-2H3,(H,19,21)(H3,18,20,23). The van der Waals surface area contributed by atoms with E-state index in [2.05, 4.69) is 10.6 Å². The highest BCUT2D eigenvalue weighted by molar-refractivity contribution is 5.85. The lowest BCUT2D eigenvalue weighted by molar-refractivity contribution is -0.150. The second kappa shape index (κ2) is 8.93. The molecule has 0 saturated heterocycles. The third kappa shape index (κ3) is 5.83. The molecule has 1 aliphatic heterocycles. The first kappa shape index (κ1) is 19.4. The van der Waals surface area contributed by atoms with E-state index in [0.29, 0.717) is 17.9 Å². The van der Waals surface area contributed by atoms with Crippen LogP contribution in [0.3, 0.4) is 0 Å². The minimum Gasteiger partial charge on any atom is -0.454 e. The molecule has 0 saturated carbocycles. The lowest BCUT2D eigenvalue weighted by Crippen LogP contribution is -2.45. The first-order chi connectivity index (χ1) is 12.3. The van der Waals surface area contributed by atoms with E-state index in [1.165, 1.54) is 0 Å². The Morgan fingerprint density at radius 3 is 2.65 bits per heavy atom. The van der Waals surface area contributed by atoms with Crippen molar-refractivity contribution in [2.75, 3.05) is 13.4 Å². The van der Waals surface area contributed by atoms with Crippen LogP contribution < -0.4 is 25.8 Å². The Morgan fingerprint density at radius 1 is 1.23 bits per heavy atom. The van der Waals surface area contributed by atoms with Gasteiger partial charge in [0, 0.05) is 6.54 Å². The molecule has 142 valence electrons. The molecule has 1 heterocycles. The van der Waals surface area contributed by atoms with Gasteiger partial charge in [0.15, 0.2) is 18.1 Å². The Hall–Kier alpha value is -2.97. The topological polar surface area (TPSA) is 129 Å². The minimum absolute atomic E-state index is 0.138. The van der Waals surface area contributed by atoms with Crippen molar-refractivity contribution < 1.29 is 28.6 Å². The number of benzene rings is 1. The van der Waals surface area contributed by atoms with E-state index in [1.807, 2.05) is 13.8 Å². The first-order valence-corrected chi connectivity index (χ1v) is 8.23. The molecule has 3 amide bonds. The maximum absolute atomic E-state index is 12.0. The summed E-state index contributed by atoms with van der Waals surface area (Å²) in [6.45, 7) is 3.76. The average Bonchev–Trinajstić information content (AvgIpc) is 3.04. The number of urea groups is 1. The fourth-order valence-corrected chi connectivity index (χ4v) is 2.40. The highest BCUT2D eigenvalue weighted by Crippen LogP contribution is 2.32. The lowest BCUT2D eigenvalue weighted by Gasteiger charge is -2.18. The lowest BCUT2D eigenvalue weighted by atomic mass is 10.0. The van der Waals surface area contributed by atoms with E-state index >= 15 is 0 Å². The SMILES string of the molecule is CC(C)CC(NC(N)=O)C(=O)OCC(=O)NCc1ccc2c(c1)OCO2. The highest BCUT2D eigenvalue weighted by atomic mass is 16.7. The van der Waals surface area contributed by atoms with E-state index in [4.69, 9.17) is 19.9 Å². The number of carbonyl (C=O) groups excluding carboxylic acids is 3. The zero-order chi connectivity index (χ0) is 19.1. The van der Waals surface area contributed by atoms with E-state index in [9.17, 15) is 14.4 Å². The van der Waals surface area contributed by atoms with Gasteiger partial charge in [-0.1, -0.05) is 19.9 Å². The van der Waals surface area contributed by atoms with Crippen molar-refractivity contribution in [3.63, 3.8) is 0 Å². The van der Waals surface area contributed by atoms with E-state index < -0.39 is 30.6 Å². The first-order valence-electron chi connectivity index (χ1n) is 8.23. The summed E-state index contributed by atoms with van der Waals surface area (Å²) in [4.78, 5) is 34.9. The molecule has 2 rings (SSSR count). The molecule has 1 atom stereocenters. The van der Waals surface area contributed by atoms with Gasteiger partial charge in [0.1, 0.15) is 6.04 Å². The van der Waals surface area contributed by atoms with Crippen molar-refractivity contribution in [1.82, 2.24) is 10.6 Å². The summed E-state index contributed by atoms with van der Waals surface area (Å²) in [6.07, 6.45) is 0.362. The Kier molecular flexibility index (Phi) is 6.65. The molecule has 0 fully saturated rings. The molecule has 1 aromatic carbocycles. The smallest absolute Gasteiger partial charge is 0.329 e. The number of primary amides is 1. The molecule has 0 spiro atoms. The summed E-state index contributed by atoms with van der Waals surface area (Å²) < 4.78 is 15.4. The van der Waals surface area contributed by atoms with Crippen molar-refractivity contribution in [2.24, 2.45) is 11.7 Å². The van der Waals surface area contributed by atoms with Crippen LogP contribution in [-0.4, -0.2) is 37.3 Å². The average molecular weight is 365 g/mol. The monoisotopic (exact) mass is 365 g/mol. The fourth-order valence-electron chi connectivity index (χ4n) is 2.40. The van der Waals surface area contributed by atoms with E-state index in [-0.39, 0.29) is 19.3 Å². The molecule has 0 aromatic heterocycles. The number of esters is 1. The summed E-state index contributed by atoms with van der Waals surface area (Å²) in [6, 6.07) is 3.63. The summed E-state index contributed by atoms with van der Waals surface area (Å²) in [7, 11) is 0. The number of nitrogens with one attached hydrogen (secondary N) is 2. The van der Waals surface area contributed by atoms with Crippen molar-refractivity contribution in [2.45, 2.75) is 32.9 Å². The number of nitrogens with two attached hydrogens (primary N) is 1. The molecule has 9 nitrogen and oxygen atoms in total. The predicted octanol–water partition coefficient (Wildman–Crippen LogP) is 0.658. The maximum atomic E-state index is 12.0. The quantitative estimate of drug-likeness (QED) is 0.580. The van der Waals surface area contributed by atoms with Crippen LogP contribution in [0.5, 0.6) is 11.5 Å². The zero-order valence-electron chi connectivity index (χ0n) is 14.7. The van der Waals surface area contributed by atoms with Crippen LogP contribution in [0.25, 0.3) is 0 Å². The second-order valence-electron chi connectivity index (χ2n) is 6.26. The number of carbonyl (C=O) groups is 3. The van der Waals surface area contributed by atoms with Gasteiger partial charge >= 0.3 is 12.0 Å². The summed E-state index contributed by atoms with van der Waals surface area (Å²) in [5.74, 6) is 0.262. The van der Waals surface area contributed by atoms with Gasteiger partial charge in [0.2, 0.25) is 6.79 Å². The van der Waals surface area contributed by atoms with Gasteiger partial charge in [-0.2, -0.15) is 0 Å². The van der Waals surface area contributed by atoms with E-state index in [1.54, 1.807) is 18.2 Å². The van der Waals surface area contributed by atoms with Gasteiger partial charge in [0.25, 0.3) is 5.91 Å². The van der Waals surface area contributed by atoms with Gasteiger partial charge in [-0.15, -0.1) is 0 Å². The van der Waals surface area contributed by atoms with Gasteiger partial charge in [-0.25, -0.2) is 9.59 Å². The maximum Gasteiger partial charge on any atom is 0.329 e. The number of amides is 3. The van der Waals surface area contributed by atoms with Crippen LogP contribution in [0.2, 0.25) is 0 Å². The molecule has 1 unspecified atom stereocenters. The predicted molar refractivity (Wildman–Crippen MR) is 91.3 cm³/mol. The van der Waals surface area contributed by atoms with Gasteiger partial charge in [-0.3, -0.25) is 4.79 Å². The fraction of sp³-hybridized carbons (Fsp3) is 0.471. The number of ether oxygens (including phenoxy) is 3. The Morgan fingerprint density at radius 2 is 1.96 bits per heavy atom. The van der Waals surface area contributed by atoms with Crippen LogP contribution in [0, 0.1) is 5.92 Å². The molecule has 1 aliphatic rings. The van der Waals surface area contributed by atoms with Crippen LogP contribution in [-0.2, 0) is 20.9 Å². The summed E-state index contributed by atoms with van der Waals surface area (Å²) in [5.41, 5.74) is 5.88. The molecule has 4 N–H and O–H groups in total. The van der Waals surface area contributed by atoms with Gasteiger partial charge < -0.3 is 30.6 Å². The Labute approximate surface area is 151 Å². The van der Waals surface area contributed by atoms with Crippen molar-refractivity contribution in [3.05, 3.63) is 23.8 Å². The van der Waals surface area contributed by atoms with Crippen LogP contribution in [0.1, 0.15) is 25.8 Å². The van der Waals surface area contributed by atoms with Crippen molar-refractivity contribution in [3.8, 4) is 11.5 Å². The van der Waals surface area contributed by atoms with Gasteiger partial charge in [-0.05, 0) is 30.0 Å². The normalized spacial score (nSPS) is 13.2. The highest BCUT2D eigenvalue weighted by Gasteiger charge is 2.23. The van der Waals surface area contributed by atoms with Crippen LogP contribution in [0.15, 0.2) is 18.2 Å². The summed E-state index contributed by atoms with van der Waals surface area (Å²) in [5, 5.41) is 4.96. The van der Waals surface area contributed by atoms with Crippen LogP contribution >= 0.6 is 0 Å². The van der Waals surface area contributed by atoms with Crippen molar-refractivity contribution in [1.29, 1.82) is 0 Å². The Balaban J connectivity index is 1.78. The van der Waals surface area contributed by atoms with Crippen LogP contribution in [0.4, 0.5) is 4.79 Å². The van der Waals surface area contributed by atoms with Gasteiger partial charge in [0.05, 0.1) is 0 Å². The molecule has 0 bridgehead atoms.